The topological polar surface area (TPSA) is 57.8 Å². The number of aromatic nitrogens is 1. The molecule has 1 atom stereocenters. The maximum atomic E-state index is 6.02. The molecule has 0 radical (unpaired) electrons. The van der Waals surface area contributed by atoms with E-state index in [1.807, 2.05) is 12.3 Å². The van der Waals surface area contributed by atoms with Gasteiger partial charge in [0.1, 0.15) is 0 Å². The summed E-state index contributed by atoms with van der Waals surface area (Å²) in [4.78, 5) is 12.9. The predicted octanol–water partition coefficient (Wildman–Crippen LogP) is 0.489. The molecule has 0 spiro atoms. The molecule has 0 aliphatic carbocycles. The van der Waals surface area contributed by atoms with Gasteiger partial charge in [-0.25, -0.2) is 0 Å². The number of nitrogens with zero attached hydrogens (tertiary/aromatic N) is 4. The molecule has 2 N–H and O–H groups in total. The van der Waals surface area contributed by atoms with Crippen LogP contribution in [0, 0.1) is 0 Å². The van der Waals surface area contributed by atoms with Crippen molar-refractivity contribution in [3.8, 4) is 0 Å². The van der Waals surface area contributed by atoms with Crippen LogP contribution in [0.15, 0.2) is 29.5 Å². The molecule has 5 heteroatoms. The first-order valence-corrected chi connectivity index (χ1v) is 6.17. The van der Waals surface area contributed by atoms with Crippen LogP contribution in [0.25, 0.3) is 0 Å². The maximum absolute atomic E-state index is 6.02. The molecule has 0 aromatic carbocycles. The molecule has 1 aliphatic heterocycles. The van der Waals surface area contributed by atoms with E-state index in [2.05, 4.69) is 46.9 Å². The summed E-state index contributed by atoms with van der Waals surface area (Å²) in [6.45, 7) is 4.68. The highest BCUT2D eigenvalue weighted by atomic mass is 15.4. The minimum absolute atomic E-state index is 0.172. The highest BCUT2D eigenvalue weighted by molar-refractivity contribution is 5.81. The Hall–Kier alpha value is -1.62. The van der Waals surface area contributed by atoms with E-state index in [4.69, 9.17) is 5.73 Å². The molecule has 2 rings (SSSR count). The summed E-state index contributed by atoms with van der Waals surface area (Å²) in [5, 5.41) is 0. The summed E-state index contributed by atoms with van der Waals surface area (Å²) in [7, 11) is 4.12. The smallest absolute Gasteiger partial charge is 0.192 e. The third-order valence-corrected chi connectivity index (χ3v) is 3.48. The van der Waals surface area contributed by atoms with Crippen molar-refractivity contribution in [1.29, 1.82) is 0 Å². The van der Waals surface area contributed by atoms with Crippen LogP contribution in [0.4, 0.5) is 0 Å². The first-order valence-electron chi connectivity index (χ1n) is 6.17. The second-order valence-electron chi connectivity index (χ2n) is 5.14. The van der Waals surface area contributed by atoms with E-state index in [0.717, 1.165) is 18.7 Å². The number of hydrogen-bond acceptors (Lipinski definition) is 5. The van der Waals surface area contributed by atoms with Gasteiger partial charge < -0.3 is 15.5 Å². The van der Waals surface area contributed by atoms with Gasteiger partial charge in [0.25, 0.3) is 0 Å². The van der Waals surface area contributed by atoms with Gasteiger partial charge in [0.05, 0.1) is 12.1 Å². The Labute approximate surface area is 108 Å². The molecule has 0 saturated carbocycles. The van der Waals surface area contributed by atoms with Crippen molar-refractivity contribution in [2.75, 3.05) is 33.7 Å². The minimum atomic E-state index is -0.172. The van der Waals surface area contributed by atoms with Gasteiger partial charge in [0, 0.05) is 25.5 Å². The molecule has 1 unspecified atom stereocenters. The number of nitrogens with two attached hydrogens (primary N) is 1. The number of pyridine rings is 1. The molecule has 2 heterocycles. The Morgan fingerprint density at radius 2 is 2.28 bits per heavy atom. The molecule has 1 aliphatic rings. The maximum Gasteiger partial charge on any atom is 0.192 e. The third kappa shape index (κ3) is 2.31. The molecule has 0 amide bonds. The molecule has 0 saturated heterocycles. The van der Waals surface area contributed by atoms with Crippen LogP contribution in [-0.4, -0.2) is 54.5 Å². The van der Waals surface area contributed by atoms with Gasteiger partial charge in [0.15, 0.2) is 5.96 Å². The first-order chi connectivity index (χ1) is 8.54. The van der Waals surface area contributed by atoms with Crippen molar-refractivity contribution in [1.82, 2.24) is 14.8 Å². The molecule has 18 heavy (non-hydrogen) atoms. The minimum Gasteiger partial charge on any atom is -0.370 e. The van der Waals surface area contributed by atoms with Gasteiger partial charge in [-0.05, 0) is 32.6 Å². The van der Waals surface area contributed by atoms with E-state index in [9.17, 15) is 0 Å². The van der Waals surface area contributed by atoms with Crippen LogP contribution >= 0.6 is 0 Å². The van der Waals surface area contributed by atoms with E-state index < -0.39 is 0 Å². The summed E-state index contributed by atoms with van der Waals surface area (Å²) in [6, 6.07) is 4.04. The molecule has 5 nitrogen and oxygen atoms in total. The van der Waals surface area contributed by atoms with Crippen LogP contribution in [0.1, 0.15) is 12.5 Å². The fourth-order valence-corrected chi connectivity index (χ4v) is 2.25. The van der Waals surface area contributed by atoms with Gasteiger partial charge in [-0.3, -0.25) is 9.98 Å². The summed E-state index contributed by atoms with van der Waals surface area (Å²) >= 11 is 0. The number of guanidine groups is 1. The monoisotopic (exact) mass is 247 g/mol. The van der Waals surface area contributed by atoms with Crippen molar-refractivity contribution in [3.63, 3.8) is 0 Å². The normalized spacial score (nSPS) is 23.6. The summed E-state index contributed by atoms with van der Waals surface area (Å²) < 4.78 is 0. The Morgan fingerprint density at radius 1 is 1.50 bits per heavy atom. The standard InChI is InChI=1S/C13H21N5/c1-13(11-5-4-6-15-9-11)10-16-12(14)18(13)8-7-17(2)3/h4-6,9H,7-8,10H2,1-3H3,(H2,14,16). The lowest BCUT2D eigenvalue weighted by Crippen LogP contribution is -2.49. The lowest BCUT2D eigenvalue weighted by molar-refractivity contribution is 0.204. The first kappa shape index (κ1) is 12.8. The van der Waals surface area contributed by atoms with Gasteiger partial charge in [-0.2, -0.15) is 0 Å². The van der Waals surface area contributed by atoms with Gasteiger partial charge in [0.2, 0.25) is 0 Å². The number of rotatable bonds is 4. The highest BCUT2D eigenvalue weighted by Gasteiger charge is 2.39. The molecule has 98 valence electrons. The van der Waals surface area contributed by atoms with Gasteiger partial charge in [-0.1, -0.05) is 6.07 Å². The Morgan fingerprint density at radius 3 is 2.89 bits per heavy atom. The average Bonchev–Trinajstić information content (AvgIpc) is 2.65. The zero-order chi connectivity index (χ0) is 13.2. The second-order valence-corrected chi connectivity index (χ2v) is 5.14. The van der Waals surface area contributed by atoms with Crippen LogP contribution in [0.3, 0.4) is 0 Å². The second kappa shape index (κ2) is 4.94. The highest BCUT2D eigenvalue weighted by Crippen LogP contribution is 2.31. The lowest BCUT2D eigenvalue weighted by Gasteiger charge is -2.37. The van der Waals surface area contributed by atoms with E-state index in [0.29, 0.717) is 12.5 Å². The van der Waals surface area contributed by atoms with Crippen LogP contribution in [0.5, 0.6) is 0 Å². The van der Waals surface area contributed by atoms with Crippen molar-refractivity contribution < 1.29 is 0 Å². The van der Waals surface area contributed by atoms with E-state index >= 15 is 0 Å². The summed E-state index contributed by atoms with van der Waals surface area (Å²) in [6.07, 6.45) is 3.69. The number of hydrogen-bond donors (Lipinski definition) is 1. The summed E-state index contributed by atoms with van der Waals surface area (Å²) in [5.41, 5.74) is 7.00. The quantitative estimate of drug-likeness (QED) is 0.841. The van der Waals surface area contributed by atoms with Gasteiger partial charge >= 0.3 is 0 Å². The Bertz CT molecular complexity index is 428. The average molecular weight is 247 g/mol. The molecule has 1 aromatic rings. The SMILES string of the molecule is CN(C)CCN1C(N)=NCC1(C)c1cccnc1. The largest absolute Gasteiger partial charge is 0.370 e. The third-order valence-electron chi connectivity index (χ3n) is 3.48. The fraction of sp³-hybridized carbons (Fsp3) is 0.538. The zero-order valence-electron chi connectivity index (χ0n) is 11.3. The van der Waals surface area contributed by atoms with Crippen LogP contribution in [-0.2, 0) is 5.54 Å². The predicted molar refractivity (Wildman–Crippen MR) is 73.3 cm³/mol. The molecular formula is C13H21N5. The van der Waals surface area contributed by atoms with Crippen LogP contribution < -0.4 is 5.73 Å². The zero-order valence-corrected chi connectivity index (χ0v) is 11.3. The molecule has 0 bridgehead atoms. The van der Waals surface area contributed by atoms with E-state index in [1.165, 1.54) is 0 Å². The van der Waals surface area contributed by atoms with E-state index in [-0.39, 0.29) is 5.54 Å². The number of aliphatic imine (C=N–C) groups is 1. The van der Waals surface area contributed by atoms with E-state index in [1.54, 1.807) is 6.20 Å². The van der Waals surface area contributed by atoms with Crippen molar-refractivity contribution in [3.05, 3.63) is 30.1 Å². The van der Waals surface area contributed by atoms with Crippen molar-refractivity contribution in [2.45, 2.75) is 12.5 Å². The fourth-order valence-electron chi connectivity index (χ4n) is 2.25. The molecular weight excluding hydrogens is 226 g/mol. The van der Waals surface area contributed by atoms with Gasteiger partial charge in [-0.15, -0.1) is 0 Å². The Kier molecular flexibility index (Phi) is 3.52. The van der Waals surface area contributed by atoms with Crippen molar-refractivity contribution >= 4 is 5.96 Å². The van der Waals surface area contributed by atoms with Crippen molar-refractivity contribution in [2.24, 2.45) is 10.7 Å². The van der Waals surface area contributed by atoms with Crippen LogP contribution in [0.2, 0.25) is 0 Å². The lowest BCUT2D eigenvalue weighted by atomic mass is 9.92. The Balaban J connectivity index is 2.21. The molecule has 1 aromatic heterocycles. The summed E-state index contributed by atoms with van der Waals surface area (Å²) in [5.74, 6) is 0.628. The number of likely N-dealkylation sites (N-methyl/N-ethyl adjacent to an activating group) is 1. The molecule has 0 fully saturated rings.